The maximum Gasteiger partial charge on any atom is 0.372 e. The summed E-state index contributed by atoms with van der Waals surface area (Å²) in [6, 6.07) is -0.0317. The molecule has 3 rings (SSSR count). The maximum atomic E-state index is 11.3. The molecule has 0 saturated carbocycles. The lowest BCUT2D eigenvalue weighted by Crippen LogP contribution is -2.38. The Hall–Kier alpha value is -1.67. The van der Waals surface area contributed by atoms with E-state index in [1.165, 1.54) is 15.7 Å². The van der Waals surface area contributed by atoms with Gasteiger partial charge in [-0.25, -0.2) is 0 Å². The number of thiazole rings is 1. The minimum absolute atomic E-state index is 0.0215. The molecule has 0 aromatic carbocycles. The molecule has 1 unspecified atom stereocenters. The maximum absolute atomic E-state index is 11.3. The molecular formula is C13H18N4O3S. The second kappa shape index (κ2) is 4.41. The van der Waals surface area contributed by atoms with E-state index in [4.69, 9.17) is 4.74 Å². The number of nitrogens with zero attached hydrogens (tertiary/aromatic N) is 3. The van der Waals surface area contributed by atoms with E-state index in [0.29, 0.717) is 10.8 Å². The average Bonchev–Trinajstić information content (AvgIpc) is 2.89. The zero-order valence-electron chi connectivity index (χ0n) is 12.4. The lowest BCUT2D eigenvalue weighted by atomic mass is 9.94. The molecule has 0 radical (unpaired) electrons. The van der Waals surface area contributed by atoms with Gasteiger partial charge in [0.2, 0.25) is 5.82 Å². The molecule has 2 aromatic rings. The van der Waals surface area contributed by atoms with E-state index in [1.807, 2.05) is 27.7 Å². The number of anilines is 1. The van der Waals surface area contributed by atoms with E-state index < -0.39 is 10.5 Å². The first-order chi connectivity index (χ1) is 9.70. The molecule has 1 N–H and O–H groups in total. The standard InChI is InChI=1S/C13H18N4O3S/c1-12(2)7-8(13(3,4)20-12)14-9-10(17(18)19)16-5-6-21-11(16)15-9/h5-6,8,14H,7H2,1-4H3. The Kier molecular flexibility index (Phi) is 3.00. The van der Waals surface area contributed by atoms with Crippen LogP contribution in [0.3, 0.4) is 0 Å². The third-order valence-electron chi connectivity index (χ3n) is 3.80. The van der Waals surface area contributed by atoms with Gasteiger partial charge in [0.15, 0.2) is 0 Å². The fraction of sp³-hybridized carbons (Fsp3) is 0.615. The van der Waals surface area contributed by atoms with Gasteiger partial charge in [0, 0.05) is 5.38 Å². The molecule has 1 saturated heterocycles. The number of aromatic nitrogens is 2. The SMILES string of the molecule is CC1(C)CC(Nc2nc3sccn3c2[N+](=O)[O-])C(C)(C)O1. The van der Waals surface area contributed by atoms with Crippen LogP contribution in [0.4, 0.5) is 11.6 Å². The number of nitrogens with one attached hydrogen (secondary N) is 1. The Labute approximate surface area is 126 Å². The van der Waals surface area contributed by atoms with Crippen LogP contribution in [0, 0.1) is 10.1 Å². The lowest BCUT2D eigenvalue weighted by Gasteiger charge is -2.27. The Morgan fingerprint density at radius 3 is 2.81 bits per heavy atom. The summed E-state index contributed by atoms with van der Waals surface area (Å²) in [4.78, 5) is 15.9. The highest BCUT2D eigenvalue weighted by Crippen LogP contribution is 2.40. The molecule has 1 aliphatic heterocycles. The third kappa shape index (κ3) is 2.38. The van der Waals surface area contributed by atoms with Crippen molar-refractivity contribution in [1.82, 2.24) is 9.38 Å². The molecule has 0 spiro atoms. The van der Waals surface area contributed by atoms with Gasteiger partial charge in [-0.3, -0.25) is 0 Å². The fourth-order valence-electron chi connectivity index (χ4n) is 3.00. The summed E-state index contributed by atoms with van der Waals surface area (Å²) in [6.07, 6.45) is 2.43. The van der Waals surface area contributed by atoms with Gasteiger partial charge in [0.05, 0.1) is 17.2 Å². The van der Waals surface area contributed by atoms with E-state index >= 15 is 0 Å². The Bertz CT molecular complexity index is 703. The van der Waals surface area contributed by atoms with E-state index in [1.54, 1.807) is 11.6 Å². The summed E-state index contributed by atoms with van der Waals surface area (Å²) >= 11 is 1.37. The first-order valence-electron chi connectivity index (χ1n) is 6.76. The molecule has 2 aromatic heterocycles. The van der Waals surface area contributed by atoms with Gasteiger partial charge in [-0.1, -0.05) is 11.3 Å². The summed E-state index contributed by atoms with van der Waals surface area (Å²) in [6.45, 7) is 8.03. The molecular weight excluding hydrogens is 292 g/mol. The summed E-state index contributed by atoms with van der Waals surface area (Å²) in [5, 5.41) is 16.3. The molecule has 7 nitrogen and oxygen atoms in total. The molecule has 8 heteroatoms. The van der Waals surface area contributed by atoms with Crippen molar-refractivity contribution in [3.8, 4) is 0 Å². The second-order valence-corrected chi connectivity index (χ2v) is 7.34. The number of imidazole rings is 1. The van der Waals surface area contributed by atoms with Gasteiger partial charge >= 0.3 is 5.82 Å². The normalized spacial score (nSPS) is 23.5. The van der Waals surface area contributed by atoms with Crippen molar-refractivity contribution in [3.05, 3.63) is 21.7 Å². The van der Waals surface area contributed by atoms with Gasteiger partial charge in [-0.15, -0.1) is 0 Å². The number of hydrogen-bond donors (Lipinski definition) is 1. The highest BCUT2D eigenvalue weighted by Gasteiger charge is 2.46. The first kappa shape index (κ1) is 14.3. The van der Waals surface area contributed by atoms with Crippen molar-refractivity contribution in [2.24, 2.45) is 0 Å². The summed E-state index contributed by atoms with van der Waals surface area (Å²) in [7, 11) is 0. The quantitative estimate of drug-likeness (QED) is 0.696. The summed E-state index contributed by atoms with van der Waals surface area (Å²) < 4.78 is 7.51. The Morgan fingerprint density at radius 1 is 1.52 bits per heavy atom. The zero-order valence-corrected chi connectivity index (χ0v) is 13.2. The van der Waals surface area contributed by atoms with Crippen molar-refractivity contribution < 1.29 is 9.66 Å². The fourth-order valence-corrected chi connectivity index (χ4v) is 3.71. The third-order valence-corrected chi connectivity index (χ3v) is 4.55. The number of nitro groups is 1. The van der Waals surface area contributed by atoms with Crippen LogP contribution in [0.1, 0.15) is 34.1 Å². The van der Waals surface area contributed by atoms with E-state index in [2.05, 4.69) is 10.3 Å². The van der Waals surface area contributed by atoms with Crippen LogP contribution in [0.5, 0.6) is 0 Å². The summed E-state index contributed by atoms with van der Waals surface area (Å²) in [5.74, 6) is 0.290. The number of rotatable bonds is 3. The van der Waals surface area contributed by atoms with Crippen LogP contribution in [0.15, 0.2) is 11.6 Å². The molecule has 1 fully saturated rings. The van der Waals surface area contributed by atoms with Gasteiger partial charge in [-0.05, 0) is 39.0 Å². The number of hydrogen-bond acceptors (Lipinski definition) is 6. The van der Waals surface area contributed by atoms with Gasteiger partial charge in [0.1, 0.15) is 6.20 Å². The minimum Gasteiger partial charge on any atom is -0.367 e. The van der Waals surface area contributed by atoms with Crippen LogP contribution in [-0.2, 0) is 4.74 Å². The van der Waals surface area contributed by atoms with E-state index in [-0.39, 0.29) is 17.5 Å². The minimum atomic E-state index is -0.408. The molecule has 0 amide bonds. The number of fused-ring (bicyclic) bond motifs is 1. The van der Waals surface area contributed by atoms with E-state index in [0.717, 1.165) is 6.42 Å². The van der Waals surface area contributed by atoms with Crippen LogP contribution in [-0.4, -0.2) is 31.6 Å². The Balaban J connectivity index is 1.97. The molecule has 3 heterocycles. The lowest BCUT2D eigenvalue weighted by molar-refractivity contribution is -0.389. The average molecular weight is 310 g/mol. The molecule has 0 aliphatic carbocycles. The Morgan fingerprint density at radius 2 is 2.24 bits per heavy atom. The molecule has 1 aliphatic rings. The second-order valence-electron chi connectivity index (χ2n) is 6.46. The predicted octanol–water partition coefficient (Wildman–Crippen LogP) is 3.06. The van der Waals surface area contributed by atoms with E-state index in [9.17, 15) is 10.1 Å². The summed E-state index contributed by atoms with van der Waals surface area (Å²) in [5.41, 5.74) is -0.665. The number of ether oxygens (including phenoxy) is 1. The predicted molar refractivity (Wildman–Crippen MR) is 81.0 cm³/mol. The largest absolute Gasteiger partial charge is 0.372 e. The van der Waals surface area contributed by atoms with Crippen LogP contribution in [0.2, 0.25) is 0 Å². The monoisotopic (exact) mass is 310 g/mol. The van der Waals surface area contributed by atoms with Crippen molar-refractivity contribution in [2.75, 3.05) is 5.32 Å². The van der Waals surface area contributed by atoms with Crippen LogP contribution < -0.4 is 5.32 Å². The molecule has 114 valence electrons. The highest BCUT2D eigenvalue weighted by molar-refractivity contribution is 7.15. The molecule has 1 atom stereocenters. The van der Waals surface area contributed by atoms with Crippen molar-refractivity contribution >= 4 is 27.9 Å². The topological polar surface area (TPSA) is 81.7 Å². The van der Waals surface area contributed by atoms with Gasteiger partial charge in [0.25, 0.3) is 4.96 Å². The van der Waals surface area contributed by atoms with Gasteiger partial charge in [-0.2, -0.15) is 9.38 Å². The molecule has 21 heavy (non-hydrogen) atoms. The molecule has 0 bridgehead atoms. The smallest absolute Gasteiger partial charge is 0.367 e. The highest BCUT2D eigenvalue weighted by atomic mass is 32.1. The van der Waals surface area contributed by atoms with Crippen molar-refractivity contribution in [1.29, 1.82) is 0 Å². The van der Waals surface area contributed by atoms with Crippen LogP contribution in [0.25, 0.3) is 4.96 Å². The van der Waals surface area contributed by atoms with Crippen LogP contribution >= 0.6 is 11.3 Å². The van der Waals surface area contributed by atoms with Crippen molar-refractivity contribution in [2.45, 2.75) is 51.4 Å². The van der Waals surface area contributed by atoms with Gasteiger partial charge < -0.3 is 20.2 Å². The van der Waals surface area contributed by atoms with Crippen molar-refractivity contribution in [3.63, 3.8) is 0 Å². The first-order valence-corrected chi connectivity index (χ1v) is 7.64. The zero-order chi connectivity index (χ0) is 15.4.